The molecule has 5 rings (SSSR count). The third-order valence-electron chi connectivity index (χ3n) is 13.2. The van der Waals surface area contributed by atoms with Crippen molar-refractivity contribution in [3.8, 4) is 0 Å². The van der Waals surface area contributed by atoms with E-state index in [0.717, 1.165) is 51.4 Å². The Labute approximate surface area is 208 Å². The Kier molecular flexibility index (Phi) is 5.59. The molecule has 5 aliphatic rings. The zero-order chi connectivity index (χ0) is 25.1. The maximum Gasteiger partial charge on any atom is 0.0865 e. The van der Waals surface area contributed by atoms with Crippen LogP contribution in [0.4, 0.5) is 0 Å². The fourth-order valence-corrected chi connectivity index (χ4v) is 11.2. The van der Waals surface area contributed by atoms with Crippen LogP contribution in [0, 0.1) is 45.3 Å². The molecule has 1 saturated heterocycles. The van der Waals surface area contributed by atoms with E-state index < -0.39 is 5.60 Å². The van der Waals surface area contributed by atoms with Gasteiger partial charge in [0.15, 0.2) is 0 Å². The van der Waals surface area contributed by atoms with Crippen molar-refractivity contribution in [2.45, 2.75) is 143 Å². The second-order valence-corrected chi connectivity index (χ2v) is 15.5. The molecule has 5 fully saturated rings. The van der Waals surface area contributed by atoms with Gasteiger partial charge in [-0.1, -0.05) is 34.6 Å². The smallest absolute Gasteiger partial charge is 0.0865 e. The van der Waals surface area contributed by atoms with Crippen molar-refractivity contribution in [3.05, 3.63) is 0 Å². The van der Waals surface area contributed by atoms with Crippen LogP contribution < -0.4 is 0 Å². The van der Waals surface area contributed by atoms with Crippen molar-refractivity contribution >= 4 is 0 Å². The summed E-state index contributed by atoms with van der Waals surface area (Å²) in [5.41, 5.74) is -0.766. The summed E-state index contributed by atoms with van der Waals surface area (Å²) in [6, 6.07) is 0. The first-order chi connectivity index (χ1) is 15.5. The quantitative estimate of drug-likeness (QED) is 0.477. The molecule has 196 valence electrons. The van der Waals surface area contributed by atoms with Crippen molar-refractivity contribution < 1.29 is 20.1 Å². The average molecular weight is 477 g/mol. The highest BCUT2D eigenvalue weighted by atomic mass is 16.5. The van der Waals surface area contributed by atoms with Crippen molar-refractivity contribution in [2.24, 2.45) is 45.3 Å². The van der Waals surface area contributed by atoms with Crippen molar-refractivity contribution in [2.75, 3.05) is 0 Å². The summed E-state index contributed by atoms with van der Waals surface area (Å²) in [6.07, 6.45) is 8.71. The number of hydrogen-bond donors (Lipinski definition) is 3. The fraction of sp³-hybridized carbons (Fsp3) is 1.00. The summed E-state index contributed by atoms with van der Waals surface area (Å²) in [5.74, 6) is 1.63. The molecule has 0 amide bonds. The molecular weight excluding hydrogens is 424 g/mol. The Bertz CT molecular complexity index is 817. The molecule has 34 heavy (non-hydrogen) atoms. The van der Waals surface area contributed by atoms with Gasteiger partial charge in [0.25, 0.3) is 0 Å². The molecule has 3 N–H and O–H groups in total. The van der Waals surface area contributed by atoms with Gasteiger partial charge >= 0.3 is 0 Å². The molecule has 4 saturated carbocycles. The Morgan fingerprint density at radius 1 is 0.765 bits per heavy atom. The van der Waals surface area contributed by atoms with Crippen LogP contribution in [0.3, 0.4) is 0 Å². The van der Waals surface area contributed by atoms with E-state index in [-0.39, 0.29) is 51.5 Å². The SMILES string of the molecule is CC(C)(O)[C@@H]1CC[C@](C)([C@H]2CC[C@]3(C)C2CC(O)C2[C@@]4(C)CC[C@@H](O)C(C)(C)C4CC[C@]23C)O1. The van der Waals surface area contributed by atoms with Crippen LogP contribution in [-0.4, -0.2) is 44.8 Å². The minimum atomic E-state index is -0.811. The van der Waals surface area contributed by atoms with E-state index in [0.29, 0.717) is 17.8 Å². The topological polar surface area (TPSA) is 69.9 Å². The average Bonchev–Trinajstić information content (AvgIpc) is 3.27. The minimum Gasteiger partial charge on any atom is -0.393 e. The maximum atomic E-state index is 12.0. The molecule has 4 unspecified atom stereocenters. The molecule has 11 atom stereocenters. The molecule has 1 aliphatic heterocycles. The molecule has 0 aromatic carbocycles. The van der Waals surface area contributed by atoms with Gasteiger partial charge in [0.05, 0.1) is 29.5 Å². The van der Waals surface area contributed by atoms with Gasteiger partial charge in [-0.3, -0.25) is 0 Å². The highest BCUT2D eigenvalue weighted by molar-refractivity contribution is 5.20. The van der Waals surface area contributed by atoms with Crippen LogP contribution in [-0.2, 0) is 4.74 Å². The van der Waals surface area contributed by atoms with Gasteiger partial charge in [0, 0.05) is 0 Å². The predicted octanol–water partition coefficient (Wildman–Crippen LogP) is 5.71. The molecule has 4 heteroatoms. The lowest BCUT2D eigenvalue weighted by molar-refractivity contribution is -0.257. The second kappa shape index (κ2) is 7.45. The van der Waals surface area contributed by atoms with E-state index in [1.165, 1.54) is 6.42 Å². The standard InChI is InChI=1S/C30H52O4/c1-25(2)21-10-15-29(7)24(27(21,5)13-11-22(25)32)20(31)17-19-18(9-14-28(19,29)6)30(8)16-12-23(34-30)26(3,4)33/h18-24,31-33H,9-17H2,1-8H3/t18-,19?,20?,21?,22+,23-,24?,27-,28+,29+,30+/m0/s1. The molecule has 0 spiro atoms. The van der Waals surface area contributed by atoms with Crippen LogP contribution >= 0.6 is 0 Å². The number of hydrogen-bond acceptors (Lipinski definition) is 4. The van der Waals surface area contributed by atoms with Gasteiger partial charge in [-0.15, -0.1) is 0 Å². The number of fused-ring (bicyclic) bond motifs is 5. The zero-order valence-electron chi connectivity index (χ0n) is 23.2. The van der Waals surface area contributed by atoms with E-state index >= 15 is 0 Å². The van der Waals surface area contributed by atoms with E-state index in [4.69, 9.17) is 4.74 Å². The molecule has 0 aromatic heterocycles. The first kappa shape index (κ1) is 25.5. The molecule has 0 radical (unpaired) electrons. The molecule has 4 nitrogen and oxygen atoms in total. The summed E-state index contributed by atoms with van der Waals surface area (Å²) in [5, 5.41) is 33.5. The number of aliphatic hydroxyl groups excluding tert-OH is 2. The number of rotatable bonds is 2. The number of ether oxygens (including phenoxy) is 1. The van der Waals surface area contributed by atoms with Gasteiger partial charge in [0.2, 0.25) is 0 Å². The summed E-state index contributed by atoms with van der Waals surface area (Å²) < 4.78 is 6.68. The van der Waals surface area contributed by atoms with Gasteiger partial charge in [-0.25, -0.2) is 0 Å². The summed E-state index contributed by atoms with van der Waals surface area (Å²) in [4.78, 5) is 0. The van der Waals surface area contributed by atoms with Crippen molar-refractivity contribution in [3.63, 3.8) is 0 Å². The Morgan fingerprint density at radius 2 is 1.41 bits per heavy atom. The Balaban J connectivity index is 1.48. The van der Waals surface area contributed by atoms with Gasteiger partial charge in [0.1, 0.15) is 0 Å². The highest BCUT2D eigenvalue weighted by Gasteiger charge is 2.72. The molecular formula is C30H52O4. The second-order valence-electron chi connectivity index (χ2n) is 15.5. The lowest BCUT2D eigenvalue weighted by Crippen LogP contribution is -2.67. The summed E-state index contributed by atoms with van der Waals surface area (Å²) in [7, 11) is 0. The Morgan fingerprint density at radius 3 is 2.03 bits per heavy atom. The highest BCUT2D eigenvalue weighted by Crippen LogP contribution is 2.76. The zero-order valence-corrected chi connectivity index (χ0v) is 23.2. The number of aliphatic hydroxyl groups is 3. The normalized spacial score (nSPS) is 57.1. The van der Waals surface area contributed by atoms with E-state index in [2.05, 4.69) is 41.5 Å². The van der Waals surface area contributed by atoms with Crippen LogP contribution in [0.15, 0.2) is 0 Å². The van der Waals surface area contributed by atoms with Crippen LogP contribution in [0.5, 0.6) is 0 Å². The third kappa shape index (κ3) is 3.16. The first-order valence-electron chi connectivity index (χ1n) is 14.3. The largest absolute Gasteiger partial charge is 0.393 e. The summed E-state index contributed by atoms with van der Waals surface area (Å²) in [6.45, 7) is 18.1. The van der Waals surface area contributed by atoms with Crippen LogP contribution in [0.2, 0.25) is 0 Å². The maximum absolute atomic E-state index is 12.0. The molecule has 0 bridgehead atoms. The predicted molar refractivity (Wildman–Crippen MR) is 135 cm³/mol. The lowest BCUT2D eigenvalue weighted by Gasteiger charge is -2.70. The minimum absolute atomic E-state index is 0.0704. The van der Waals surface area contributed by atoms with E-state index in [1.807, 2.05) is 13.8 Å². The Hall–Kier alpha value is -0.160. The lowest BCUT2D eigenvalue weighted by atomic mass is 9.35. The van der Waals surface area contributed by atoms with Crippen LogP contribution in [0.25, 0.3) is 0 Å². The van der Waals surface area contributed by atoms with E-state index in [1.54, 1.807) is 0 Å². The summed E-state index contributed by atoms with van der Waals surface area (Å²) >= 11 is 0. The van der Waals surface area contributed by atoms with Gasteiger partial charge < -0.3 is 20.1 Å². The first-order valence-corrected chi connectivity index (χ1v) is 14.3. The van der Waals surface area contributed by atoms with Gasteiger partial charge in [-0.05, 0) is 124 Å². The van der Waals surface area contributed by atoms with Crippen molar-refractivity contribution in [1.82, 2.24) is 0 Å². The van der Waals surface area contributed by atoms with Gasteiger partial charge in [-0.2, -0.15) is 0 Å². The fourth-order valence-electron chi connectivity index (χ4n) is 11.2. The monoisotopic (exact) mass is 476 g/mol. The molecule has 1 heterocycles. The molecule has 0 aromatic rings. The third-order valence-corrected chi connectivity index (χ3v) is 13.2. The molecule has 4 aliphatic carbocycles. The van der Waals surface area contributed by atoms with E-state index in [9.17, 15) is 15.3 Å². The van der Waals surface area contributed by atoms with Crippen LogP contribution in [0.1, 0.15) is 113 Å². The van der Waals surface area contributed by atoms with Crippen molar-refractivity contribution in [1.29, 1.82) is 0 Å².